The first-order valence-corrected chi connectivity index (χ1v) is 7.50. The molecule has 21 heavy (non-hydrogen) atoms. The van der Waals surface area contributed by atoms with Gasteiger partial charge in [-0.15, -0.1) is 6.42 Å². The highest BCUT2D eigenvalue weighted by Crippen LogP contribution is 2.49. The molecule has 0 spiro atoms. The van der Waals surface area contributed by atoms with E-state index in [1.54, 1.807) is 12.1 Å². The standard InChI is InChI=1S/C17H17ClO3/c1-3-9-6-12(18)14(13(7-9)21-2)15-16(19)10-4-5-11(8-10)17(15)20/h1,6-7,10-11,15-16,19H,4-5,8H2,2H3. The van der Waals surface area contributed by atoms with E-state index in [2.05, 4.69) is 5.92 Å². The van der Waals surface area contributed by atoms with Crippen molar-refractivity contribution in [1.29, 1.82) is 0 Å². The molecule has 0 amide bonds. The van der Waals surface area contributed by atoms with Crippen LogP contribution in [0.3, 0.4) is 0 Å². The largest absolute Gasteiger partial charge is 0.496 e. The summed E-state index contributed by atoms with van der Waals surface area (Å²) in [5.74, 6) is 2.67. The predicted octanol–water partition coefficient (Wildman–Crippen LogP) is 2.77. The number of ketones is 1. The maximum absolute atomic E-state index is 12.7. The molecule has 0 saturated heterocycles. The number of aliphatic hydroxyl groups excluding tert-OH is 1. The average molecular weight is 305 g/mol. The smallest absolute Gasteiger partial charge is 0.146 e. The quantitative estimate of drug-likeness (QED) is 0.855. The fourth-order valence-corrected chi connectivity index (χ4v) is 4.07. The van der Waals surface area contributed by atoms with Crippen molar-refractivity contribution in [2.24, 2.45) is 11.8 Å². The molecule has 3 rings (SSSR count). The van der Waals surface area contributed by atoms with Crippen molar-refractivity contribution < 1.29 is 14.6 Å². The van der Waals surface area contributed by atoms with Gasteiger partial charge in [-0.2, -0.15) is 0 Å². The fraction of sp³-hybridized carbons (Fsp3) is 0.471. The third-order valence-electron chi connectivity index (χ3n) is 4.80. The third kappa shape index (κ3) is 2.23. The van der Waals surface area contributed by atoms with Gasteiger partial charge in [-0.25, -0.2) is 0 Å². The van der Waals surface area contributed by atoms with Crippen molar-refractivity contribution in [2.75, 3.05) is 7.11 Å². The summed E-state index contributed by atoms with van der Waals surface area (Å²) in [5.41, 5.74) is 1.17. The van der Waals surface area contributed by atoms with Gasteiger partial charge in [0.2, 0.25) is 0 Å². The summed E-state index contributed by atoms with van der Waals surface area (Å²) in [5, 5.41) is 11.0. The van der Waals surface area contributed by atoms with Crippen LogP contribution >= 0.6 is 11.6 Å². The van der Waals surface area contributed by atoms with Gasteiger partial charge in [-0.05, 0) is 37.3 Å². The lowest BCUT2D eigenvalue weighted by Crippen LogP contribution is -2.38. The molecule has 2 aliphatic carbocycles. The SMILES string of the molecule is C#Cc1cc(Cl)c(C2C(=O)C3CCC(C3)C2O)c(OC)c1. The van der Waals surface area contributed by atoms with E-state index in [-0.39, 0.29) is 17.6 Å². The molecule has 2 fully saturated rings. The number of fused-ring (bicyclic) bond motifs is 2. The number of hydrogen-bond acceptors (Lipinski definition) is 3. The molecule has 4 heteroatoms. The minimum atomic E-state index is -0.695. The number of aliphatic hydroxyl groups is 1. The minimum absolute atomic E-state index is 0.0384. The monoisotopic (exact) mass is 304 g/mol. The number of benzene rings is 1. The van der Waals surface area contributed by atoms with E-state index >= 15 is 0 Å². The lowest BCUT2D eigenvalue weighted by molar-refractivity contribution is -0.130. The lowest BCUT2D eigenvalue weighted by Gasteiger charge is -2.33. The molecule has 4 unspecified atom stereocenters. The van der Waals surface area contributed by atoms with Crippen LogP contribution in [0.25, 0.3) is 0 Å². The first-order chi connectivity index (χ1) is 10.1. The zero-order valence-corrected chi connectivity index (χ0v) is 12.6. The Hall–Kier alpha value is -1.50. The van der Waals surface area contributed by atoms with Gasteiger partial charge in [-0.1, -0.05) is 17.5 Å². The van der Waals surface area contributed by atoms with Crippen LogP contribution in [0.4, 0.5) is 0 Å². The first-order valence-electron chi connectivity index (χ1n) is 7.12. The number of methoxy groups -OCH3 is 1. The van der Waals surface area contributed by atoms with E-state index in [1.165, 1.54) is 7.11 Å². The average Bonchev–Trinajstić information content (AvgIpc) is 2.93. The van der Waals surface area contributed by atoms with E-state index in [1.807, 2.05) is 0 Å². The zero-order chi connectivity index (χ0) is 15.1. The maximum atomic E-state index is 12.7. The Labute approximate surface area is 129 Å². The molecule has 3 nitrogen and oxygen atoms in total. The number of terminal acetylenes is 1. The Morgan fingerprint density at radius 3 is 2.86 bits per heavy atom. The van der Waals surface area contributed by atoms with E-state index in [9.17, 15) is 9.90 Å². The van der Waals surface area contributed by atoms with Crippen molar-refractivity contribution in [3.05, 3.63) is 28.3 Å². The van der Waals surface area contributed by atoms with Crippen molar-refractivity contribution >= 4 is 17.4 Å². The summed E-state index contributed by atoms with van der Waals surface area (Å²) in [6.45, 7) is 0. The topological polar surface area (TPSA) is 46.5 Å². The summed E-state index contributed by atoms with van der Waals surface area (Å²) in [6, 6.07) is 3.34. The number of halogens is 1. The van der Waals surface area contributed by atoms with E-state index in [0.717, 1.165) is 19.3 Å². The second-order valence-corrected chi connectivity index (χ2v) is 6.27. The second kappa shape index (κ2) is 5.36. The Morgan fingerprint density at radius 2 is 2.19 bits per heavy atom. The molecule has 2 aliphatic rings. The highest BCUT2D eigenvalue weighted by Gasteiger charge is 2.48. The molecule has 0 aliphatic heterocycles. The second-order valence-electron chi connectivity index (χ2n) is 5.86. The Morgan fingerprint density at radius 1 is 1.43 bits per heavy atom. The van der Waals surface area contributed by atoms with Crippen LogP contribution in [0.1, 0.15) is 36.3 Å². The molecule has 1 N–H and O–H groups in total. The molecule has 2 saturated carbocycles. The Balaban J connectivity index is 2.11. The van der Waals surface area contributed by atoms with Gasteiger partial charge in [0.15, 0.2) is 0 Å². The van der Waals surface area contributed by atoms with Crippen molar-refractivity contribution in [3.63, 3.8) is 0 Å². The van der Waals surface area contributed by atoms with Crippen LogP contribution in [0.5, 0.6) is 5.75 Å². The summed E-state index contributed by atoms with van der Waals surface area (Å²) in [6.07, 6.45) is 7.25. The molecule has 1 aromatic carbocycles. The third-order valence-corrected chi connectivity index (χ3v) is 5.11. The van der Waals surface area contributed by atoms with Crippen LogP contribution in [0, 0.1) is 24.2 Å². The highest BCUT2D eigenvalue weighted by atomic mass is 35.5. The van der Waals surface area contributed by atoms with E-state index in [0.29, 0.717) is 21.9 Å². The van der Waals surface area contributed by atoms with Crippen LogP contribution < -0.4 is 4.74 Å². The van der Waals surface area contributed by atoms with Gasteiger partial charge in [0.25, 0.3) is 0 Å². The summed E-state index contributed by atoms with van der Waals surface area (Å²) < 4.78 is 5.37. The van der Waals surface area contributed by atoms with Crippen LogP contribution in [0.2, 0.25) is 5.02 Å². The number of hydrogen-bond donors (Lipinski definition) is 1. The first kappa shape index (κ1) is 14.4. The number of ether oxygens (including phenoxy) is 1. The molecule has 0 radical (unpaired) electrons. The van der Waals surface area contributed by atoms with Crippen molar-refractivity contribution in [3.8, 4) is 18.1 Å². The summed E-state index contributed by atoms with van der Waals surface area (Å²) >= 11 is 6.33. The Bertz CT molecular complexity index is 632. The molecular weight excluding hydrogens is 288 g/mol. The van der Waals surface area contributed by atoms with Gasteiger partial charge in [0.1, 0.15) is 11.5 Å². The molecule has 0 aromatic heterocycles. The molecule has 4 atom stereocenters. The van der Waals surface area contributed by atoms with Crippen LogP contribution in [-0.2, 0) is 4.79 Å². The van der Waals surface area contributed by atoms with Crippen molar-refractivity contribution in [2.45, 2.75) is 31.3 Å². The van der Waals surface area contributed by atoms with Crippen LogP contribution in [-0.4, -0.2) is 24.1 Å². The summed E-state index contributed by atoms with van der Waals surface area (Å²) in [7, 11) is 1.52. The molecule has 110 valence electrons. The molecule has 1 aromatic rings. The van der Waals surface area contributed by atoms with E-state index < -0.39 is 12.0 Å². The highest BCUT2D eigenvalue weighted by molar-refractivity contribution is 6.32. The number of carbonyl (C=O) groups excluding carboxylic acids is 1. The minimum Gasteiger partial charge on any atom is -0.496 e. The van der Waals surface area contributed by atoms with Gasteiger partial charge in [-0.3, -0.25) is 4.79 Å². The lowest BCUT2D eigenvalue weighted by atomic mass is 9.74. The fourth-order valence-electron chi connectivity index (χ4n) is 3.74. The molecule has 2 bridgehead atoms. The normalized spacial score (nSPS) is 31.0. The number of carbonyl (C=O) groups is 1. The van der Waals surface area contributed by atoms with Gasteiger partial charge < -0.3 is 9.84 Å². The molecular formula is C17H17ClO3. The van der Waals surface area contributed by atoms with Gasteiger partial charge in [0, 0.05) is 22.1 Å². The maximum Gasteiger partial charge on any atom is 0.146 e. The summed E-state index contributed by atoms with van der Waals surface area (Å²) in [4.78, 5) is 12.7. The van der Waals surface area contributed by atoms with Crippen molar-refractivity contribution in [1.82, 2.24) is 0 Å². The van der Waals surface area contributed by atoms with E-state index in [4.69, 9.17) is 22.8 Å². The zero-order valence-electron chi connectivity index (χ0n) is 11.8. The Kier molecular flexibility index (Phi) is 3.69. The van der Waals surface area contributed by atoms with Gasteiger partial charge in [0.05, 0.1) is 19.1 Å². The predicted molar refractivity (Wildman–Crippen MR) is 80.5 cm³/mol. The molecule has 0 heterocycles. The van der Waals surface area contributed by atoms with Crippen LogP contribution in [0.15, 0.2) is 12.1 Å². The number of rotatable bonds is 2. The van der Waals surface area contributed by atoms with Gasteiger partial charge >= 0.3 is 0 Å². The number of Topliss-reactive ketones (excluding diaryl/α,β-unsaturated/α-hetero) is 1.